The van der Waals surface area contributed by atoms with E-state index in [9.17, 15) is 0 Å². The fraction of sp³-hybridized carbons (Fsp3) is 0.543. The van der Waals surface area contributed by atoms with Crippen LogP contribution in [0.25, 0.3) is 5.57 Å². The van der Waals surface area contributed by atoms with Crippen LogP contribution in [-0.4, -0.2) is 43.5 Å². The molecule has 2 unspecified atom stereocenters. The number of ether oxygens (including phenoxy) is 2. The second-order valence-electron chi connectivity index (χ2n) is 10.8. The predicted octanol–water partition coefficient (Wildman–Crippen LogP) is 9.20. The molecule has 2 rings (SSSR count). The van der Waals surface area contributed by atoms with Gasteiger partial charge in [0, 0.05) is 41.9 Å². The number of pyridine rings is 1. The van der Waals surface area contributed by atoms with E-state index in [-0.39, 0.29) is 0 Å². The highest BCUT2D eigenvalue weighted by Crippen LogP contribution is 2.47. The largest absolute Gasteiger partial charge is 0.498 e. The van der Waals surface area contributed by atoms with Gasteiger partial charge in [-0.05, 0) is 72.9 Å². The van der Waals surface area contributed by atoms with Crippen LogP contribution in [0.4, 0.5) is 11.4 Å². The first kappa shape index (κ1) is 33.9. The Kier molecular flexibility index (Phi) is 13.9. The van der Waals surface area contributed by atoms with Gasteiger partial charge in [0.15, 0.2) is 0 Å². The molecule has 0 aliphatic carbocycles. The van der Waals surface area contributed by atoms with Crippen molar-refractivity contribution in [2.75, 3.05) is 30.5 Å². The number of nitrogens with zero attached hydrogens (tertiary/aromatic N) is 3. The van der Waals surface area contributed by atoms with Gasteiger partial charge in [-0.2, -0.15) is 0 Å². The molecule has 226 valence electrons. The molecule has 0 spiro atoms. The minimum atomic E-state index is 0.298. The number of nitrogens with one attached hydrogen (secondary N) is 1. The Bertz CT molecular complexity index is 1190. The fourth-order valence-electron chi connectivity index (χ4n) is 5.41. The first-order valence-corrected chi connectivity index (χ1v) is 15.4. The molecule has 1 aromatic rings. The molecule has 0 aromatic carbocycles. The highest BCUT2D eigenvalue weighted by Gasteiger charge is 2.39. The lowest BCUT2D eigenvalue weighted by molar-refractivity contribution is 0.233. The summed E-state index contributed by atoms with van der Waals surface area (Å²) in [6.45, 7) is 22.7. The Labute approximate surface area is 250 Å². The Morgan fingerprint density at radius 1 is 1.17 bits per heavy atom. The van der Waals surface area contributed by atoms with Gasteiger partial charge >= 0.3 is 0 Å². The summed E-state index contributed by atoms with van der Waals surface area (Å²) in [5.74, 6) is 1.79. The van der Waals surface area contributed by atoms with E-state index in [1.807, 2.05) is 20.8 Å². The molecule has 1 aliphatic rings. The van der Waals surface area contributed by atoms with Crippen LogP contribution < -0.4 is 10.2 Å². The molecule has 1 aliphatic heterocycles. The number of aromatic nitrogens is 1. The maximum Gasteiger partial charge on any atom is 0.217 e. The van der Waals surface area contributed by atoms with Gasteiger partial charge in [0.05, 0.1) is 36.5 Å². The predicted molar refractivity (Wildman–Crippen MR) is 178 cm³/mol. The van der Waals surface area contributed by atoms with Gasteiger partial charge in [-0.15, -0.1) is 0 Å². The maximum atomic E-state index is 6.02. The topological polar surface area (TPSA) is 59.0 Å². The average Bonchev–Trinajstić information content (AvgIpc) is 3.25. The monoisotopic (exact) mass is 562 g/mol. The van der Waals surface area contributed by atoms with Crippen molar-refractivity contribution < 1.29 is 9.47 Å². The lowest BCUT2D eigenvalue weighted by Crippen LogP contribution is -2.38. The molecule has 0 radical (unpaired) electrons. The van der Waals surface area contributed by atoms with Crippen LogP contribution in [0.3, 0.4) is 0 Å². The van der Waals surface area contributed by atoms with Gasteiger partial charge in [0.25, 0.3) is 0 Å². The van der Waals surface area contributed by atoms with E-state index in [1.165, 1.54) is 11.3 Å². The van der Waals surface area contributed by atoms with E-state index < -0.39 is 0 Å². The Morgan fingerprint density at radius 3 is 2.46 bits per heavy atom. The summed E-state index contributed by atoms with van der Waals surface area (Å²) in [5.41, 5.74) is 7.58. The van der Waals surface area contributed by atoms with Gasteiger partial charge in [-0.25, -0.2) is 4.99 Å². The van der Waals surface area contributed by atoms with Crippen molar-refractivity contribution in [3.63, 3.8) is 0 Å². The standard InChI is InChI=1S/C35H54N4O2/c1-12-17-18-19-20-29(27(10)41-16-5)30-22-31(34-33(38-30)26(9)32(14-3)39(34)24(6)7)37-23-28(21-25(8)13-2)35(40-11)36-15-4/h15,17-22,24,26,32H,12-14,16,23H2,1-11H3,(H,37,38)/b18-17+,20-19-,25-21+,29-27-,35-28-,36-15-. The Morgan fingerprint density at radius 2 is 1.90 bits per heavy atom. The number of methoxy groups -OCH3 is 1. The van der Waals surface area contributed by atoms with Crippen molar-refractivity contribution in [2.45, 2.75) is 107 Å². The van der Waals surface area contributed by atoms with E-state index in [4.69, 9.17) is 14.5 Å². The zero-order valence-corrected chi connectivity index (χ0v) is 27.5. The van der Waals surface area contributed by atoms with Gasteiger partial charge < -0.3 is 19.7 Å². The molecule has 0 bridgehead atoms. The highest BCUT2D eigenvalue weighted by atomic mass is 16.5. The van der Waals surface area contributed by atoms with Crippen LogP contribution in [0.1, 0.15) is 106 Å². The zero-order valence-electron chi connectivity index (χ0n) is 27.5. The summed E-state index contributed by atoms with van der Waals surface area (Å²) in [6, 6.07) is 2.91. The fourth-order valence-corrected chi connectivity index (χ4v) is 5.41. The average molecular weight is 563 g/mol. The molecule has 0 saturated carbocycles. The van der Waals surface area contributed by atoms with Crippen LogP contribution >= 0.6 is 0 Å². The summed E-state index contributed by atoms with van der Waals surface area (Å²) in [7, 11) is 1.68. The van der Waals surface area contributed by atoms with Gasteiger partial charge in [0.2, 0.25) is 5.88 Å². The second kappa shape index (κ2) is 16.9. The SMILES string of the molecule is C\C=N/C(OC)=C(\C=C(/C)CC)CNc1cc(C(/C=C\C=C\CC)=C(/C)OCC)nc2c1N(C(C)C)C(CC)C2C. The molecule has 1 N–H and O–H groups in total. The molecule has 1 aromatic heterocycles. The van der Waals surface area contributed by atoms with Crippen LogP contribution in [0, 0.1) is 0 Å². The zero-order chi connectivity index (χ0) is 30.5. The summed E-state index contributed by atoms with van der Waals surface area (Å²) >= 11 is 0. The number of rotatable bonds is 15. The summed E-state index contributed by atoms with van der Waals surface area (Å²) in [6.07, 6.45) is 15.4. The number of hydrogen-bond donors (Lipinski definition) is 1. The molecular weight excluding hydrogens is 508 g/mol. The van der Waals surface area contributed by atoms with Crippen molar-refractivity contribution in [1.82, 2.24) is 4.98 Å². The highest BCUT2D eigenvalue weighted by molar-refractivity contribution is 5.83. The third-order valence-electron chi connectivity index (χ3n) is 7.54. The smallest absolute Gasteiger partial charge is 0.217 e. The van der Waals surface area contributed by atoms with Crippen LogP contribution in [-0.2, 0) is 9.47 Å². The summed E-state index contributed by atoms with van der Waals surface area (Å²) in [5, 5.41) is 3.80. The molecule has 2 heterocycles. The molecule has 0 fully saturated rings. The molecule has 41 heavy (non-hydrogen) atoms. The normalized spacial score (nSPS) is 18.9. The minimum Gasteiger partial charge on any atom is -0.498 e. The number of hydrogen-bond acceptors (Lipinski definition) is 6. The number of allylic oxidation sites excluding steroid dienone is 7. The molecule has 6 heteroatoms. The number of anilines is 2. The van der Waals surface area contributed by atoms with Crippen LogP contribution in [0.5, 0.6) is 0 Å². The van der Waals surface area contributed by atoms with E-state index in [2.05, 4.69) is 100 Å². The van der Waals surface area contributed by atoms with E-state index in [1.54, 1.807) is 13.3 Å². The van der Waals surface area contributed by atoms with Gasteiger partial charge in [-0.3, -0.25) is 4.98 Å². The van der Waals surface area contributed by atoms with Crippen LogP contribution in [0.15, 0.2) is 64.2 Å². The molecular formula is C35H54N4O2. The lowest BCUT2D eigenvalue weighted by Gasteiger charge is -2.33. The van der Waals surface area contributed by atoms with Crippen molar-refractivity contribution in [3.8, 4) is 0 Å². The second-order valence-corrected chi connectivity index (χ2v) is 10.8. The van der Waals surface area contributed by atoms with Gasteiger partial charge in [-0.1, -0.05) is 57.6 Å². The Balaban J connectivity index is 2.81. The van der Waals surface area contributed by atoms with Gasteiger partial charge in [0.1, 0.15) is 5.76 Å². The third-order valence-corrected chi connectivity index (χ3v) is 7.54. The van der Waals surface area contributed by atoms with Crippen molar-refractivity contribution in [3.05, 3.63) is 70.6 Å². The number of aliphatic imine (C=N–C) groups is 1. The van der Waals surface area contributed by atoms with Crippen molar-refractivity contribution in [1.29, 1.82) is 0 Å². The summed E-state index contributed by atoms with van der Waals surface area (Å²) in [4.78, 5) is 12.4. The molecule has 0 amide bonds. The molecule has 2 atom stereocenters. The van der Waals surface area contributed by atoms with E-state index >= 15 is 0 Å². The van der Waals surface area contributed by atoms with Crippen LogP contribution in [0.2, 0.25) is 0 Å². The van der Waals surface area contributed by atoms with Crippen molar-refractivity contribution >= 4 is 23.2 Å². The van der Waals surface area contributed by atoms with E-state index in [0.717, 1.165) is 53.2 Å². The maximum absolute atomic E-state index is 6.02. The van der Waals surface area contributed by atoms with Crippen molar-refractivity contribution in [2.24, 2.45) is 4.99 Å². The first-order chi connectivity index (χ1) is 19.7. The number of fused-ring (bicyclic) bond motifs is 1. The summed E-state index contributed by atoms with van der Waals surface area (Å²) < 4.78 is 11.7. The minimum absolute atomic E-state index is 0.298. The first-order valence-electron chi connectivity index (χ1n) is 15.4. The lowest BCUT2D eigenvalue weighted by atomic mass is 9.98. The Hall–Kier alpha value is -3.28. The third kappa shape index (κ3) is 8.61. The molecule has 0 saturated heterocycles. The molecule has 6 nitrogen and oxygen atoms in total. The quantitative estimate of drug-likeness (QED) is 0.131. The van der Waals surface area contributed by atoms with E-state index in [0.29, 0.717) is 37.0 Å².